The van der Waals surface area contributed by atoms with Crippen molar-refractivity contribution in [2.45, 2.75) is 0 Å². The zero-order valence-electron chi connectivity index (χ0n) is 7.81. The van der Waals surface area contributed by atoms with Gasteiger partial charge in [-0.05, 0) is 40.6 Å². The van der Waals surface area contributed by atoms with Crippen molar-refractivity contribution in [3.05, 3.63) is 40.3 Å². The van der Waals surface area contributed by atoms with Crippen molar-refractivity contribution in [1.82, 2.24) is 4.31 Å². The van der Waals surface area contributed by atoms with Gasteiger partial charge in [0.2, 0.25) is 0 Å². The molecule has 1 aromatic carbocycles. The minimum Gasteiger partial charge on any atom is -0.351 e. The number of hydrogen-bond donors (Lipinski definition) is 1. The number of primary amides is 1. The van der Waals surface area contributed by atoms with Gasteiger partial charge >= 0.3 is 6.03 Å². The van der Waals surface area contributed by atoms with E-state index in [0.717, 1.165) is 11.1 Å². The number of nitrogens with two attached hydrogens (primary N) is 1. The Morgan fingerprint density at radius 3 is 2.60 bits per heavy atom. The zero-order chi connectivity index (χ0) is 10.8. The molecule has 0 atom stereocenters. The van der Waals surface area contributed by atoms with Gasteiger partial charge in [-0.15, -0.1) is 0 Å². The third kappa shape index (κ3) is 2.27. The molecule has 1 aromatic rings. The molecule has 0 aliphatic carbocycles. The second-order valence-corrected chi connectivity index (χ2v) is 4.45. The van der Waals surface area contributed by atoms with E-state index in [0.29, 0.717) is 11.6 Å². The van der Waals surface area contributed by atoms with Gasteiger partial charge in [-0.25, -0.2) is 4.79 Å². The molecule has 2 N–H and O–H groups in total. The monoisotopic (exact) mass is 240 g/mol. The summed E-state index contributed by atoms with van der Waals surface area (Å²) in [6, 6.07) is 7.10. The average Bonchev–Trinajstić information content (AvgIpc) is 2.68. The average molecular weight is 241 g/mol. The van der Waals surface area contributed by atoms with Gasteiger partial charge in [-0.3, -0.25) is 4.31 Å². The molecule has 0 fully saturated rings. The molecule has 2 amide bonds. The van der Waals surface area contributed by atoms with Gasteiger partial charge in [0.05, 0.1) is 6.54 Å². The van der Waals surface area contributed by atoms with Gasteiger partial charge in [-0.2, -0.15) is 0 Å². The second-order valence-electron chi connectivity index (χ2n) is 3.13. The molecule has 0 bridgehead atoms. The van der Waals surface area contributed by atoms with Crippen LogP contribution in [0.2, 0.25) is 5.02 Å². The van der Waals surface area contributed by atoms with Crippen LogP contribution in [0.3, 0.4) is 0 Å². The Hall–Kier alpha value is -1.13. The summed E-state index contributed by atoms with van der Waals surface area (Å²) in [7, 11) is 0. The SMILES string of the molecule is NC(=O)N1CC(c2ccc(Cl)cc2)=CS1. The number of urea groups is 1. The summed E-state index contributed by atoms with van der Waals surface area (Å²) in [6.07, 6.45) is 0. The van der Waals surface area contributed by atoms with E-state index in [1.165, 1.54) is 16.3 Å². The largest absolute Gasteiger partial charge is 0.351 e. The van der Waals surface area contributed by atoms with Crippen molar-refractivity contribution in [3.63, 3.8) is 0 Å². The Morgan fingerprint density at radius 1 is 1.40 bits per heavy atom. The van der Waals surface area contributed by atoms with Crippen molar-refractivity contribution in [2.75, 3.05) is 6.54 Å². The summed E-state index contributed by atoms with van der Waals surface area (Å²) in [6.45, 7) is 0.543. The van der Waals surface area contributed by atoms with Crippen LogP contribution in [0, 0.1) is 0 Å². The highest BCUT2D eigenvalue weighted by Crippen LogP contribution is 2.30. The van der Waals surface area contributed by atoms with Crippen LogP contribution in [0.1, 0.15) is 5.56 Å². The topological polar surface area (TPSA) is 46.3 Å². The Balaban J connectivity index is 2.14. The molecule has 5 heteroatoms. The lowest BCUT2D eigenvalue weighted by Gasteiger charge is -2.10. The number of amides is 2. The third-order valence-electron chi connectivity index (χ3n) is 2.10. The molecule has 1 heterocycles. The number of carbonyl (C=O) groups excluding carboxylic acids is 1. The second kappa shape index (κ2) is 4.16. The van der Waals surface area contributed by atoms with Crippen molar-refractivity contribution in [2.24, 2.45) is 5.73 Å². The van der Waals surface area contributed by atoms with Crippen LogP contribution < -0.4 is 5.73 Å². The maximum Gasteiger partial charge on any atom is 0.325 e. The van der Waals surface area contributed by atoms with Gasteiger partial charge in [-0.1, -0.05) is 23.7 Å². The van der Waals surface area contributed by atoms with E-state index in [9.17, 15) is 4.79 Å². The van der Waals surface area contributed by atoms with Crippen LogP contribution in [0.15, 0.2) is 29.7 Å². The molecule has 3 nitrogen and oxygen atoms in total. The molecule has 1 aliphatic rings. The normalized spacial score (nSPS) is 15.3. The Labute approximate surface area is 97.0 Å². The van der Waals surface area contributed by atoms with Gasteiger partial charge in [0.1, 0.15) is 0 Å². The summed E-state index contributed by atoms with van der Waals surface area (Å²) in [5, 5.41) is 2.63. The standard InChI is InChI=1S/C10H9ClN2OS/c11-9-3-1-7(2-4-9)8-5-13(10(12)14)15-6-8/h1-4,6H,5H2,(H2,12,14). The fourth-order valence-corrected chi connectivity index (χ4v) is 2.22. The number of hydrogen-bond acceptors (Lipinski definition) is 2. The Morgan fingerprint density at radius 2 is 2.07 bits per heavy atom. The summed E-state index contributed by atoms with van der Waals surface area (Å²) in [5.41, 5.74) is 7.32. The van der Waals surface area contributed by atoms with E-state index in [4.69, 9.17) is 17.3 Å². The Bertz CT molecular complexity index is 416. The molecular formula is C10H9ClN2OS. The molecule has 0 spiro atoms. The van der Waals surface area contributed by atoms with Crippen LogP contribution in [0.5, 0.6) is 0 Å². The van der Waals surface area contributed by atoms with Gasteiger partial charge in [0.15, 0.2) is 0 Å². The molecule has 0 radical (unpaired) electrons. The number of benzene rings is 1. The van der Waals surface area contributed by atoms with E-state index in [1.807, 2.05) is 29.7 Å². The smallest absolute Gasteiger partial charge is 0.325 e. The lowest BCUT2D eigenvalue weighted by Crippen LogP contribution is -2.28. The molecule has 15 heavy (non-hydrogen) atoms. The summed E-state index contributed by atoms with van der Waals surface area (Å²) < 4.78 is 1.50. The minimum atomic E-state index is -0.416. The van der Waals surface area contributed by atoms with Gasteiger partial charge in [0.25, 0.3) is 0 Å². The van der Waals surface area contributed by atoms with Crippen LogP contribution in [0.25, 0.3) is 5.57 Å². The third-order valence-corrected chi connectivity index (χ3v) is 3.30. The summed E-state index contributed by atoms with van der Waals surface area (Å²) in [5.74, 6) is 0. The fraction of sp³-hybridized carbons (Fsp3) is 0.100. The molecule has 1 aliphatic heterocycles. The first-order valence-electron chi connectivity index (χ1n) is 4.35. The highest BCUT2D eigenvalue weighted by molar-refractivity contribution is 8.00. The molecule has 0 saturated carbocycles. The van der Waals surface area contributed by atoms with Gasteiger partial charge in [0, 0.05) is 5.02 Å². The van der Waals surface area contributed by atoms with E-state index in [-0.39, 0.29) is 0 Å². The van der Waals surface area contributed by atoms with E-state index >= 15 is 0 Å². The summed E-state index contributed by atoms with van der Waals surface area (Å²) in [4.78, 5) is 10.9. The summed E-state index contributed by atoms with van der Waals surface area (Å²) >= 11 is 7.11. The number of rotatable bonds is 1. The van der Waals surface area contributed by atoms with E-state index < -0.39 is 6.03 Å². The van der Waals surface area contributed by atoms with Crippen molar-refractivity contribution < 1.29 is 4.79 Å². The maximum absolute atomic E-state index is 10.9. The lowest BCUT2D eigenvalue weighted by molar-refractivity contribution is 0.238. The molecular weight excluding hydrogens is 232 g/mol. The predicted molar refractivity (Wildman–Crippen MR) is 63.3 cm³/mol. The van der Waals surface area contributed by atoms with Gasteiger partial charge < -0.3 is 5.73 Å². The lowest BCUT2D eigenvalue weighted by atomic mass is 10.1. The van der Waals surface area contributed by atoms with Crippen molar-refractivity contribution in [1.29, 1.82) is 0 Å². The molecule has 0 unspecified atom stereocenters. The first-order valence-corrected chi connectivity index (χ1v) is 5.57. The number of halogens is 1. The molecule has 0 saturated heterocycles. The van der Waals surface area contributed by atoms with Crippen LogP contribution in [-0.2, 0) is 0 Å². The zero-order valence-corrected chi connectivity index (χ0v) is 9.39. The highest BCUT2D eigenvalue weighted by Gasteiger charge is 2.19. The first-order chi connectivity index (χ1) is 7.16. The molecule has 0 aromatic heterocycles. The maximum atomic E-state index is 10.9. The molecule has 78 valence electrons. The van der Waals surface area contributed by atoms with Crippen LogP contribution >= 0.6 is 23.5 Å². The Kier molecular flexibility index (Phi) is 2.88. The van der Waals surface area contributed by atoms with E-state index in [1.54, 1.807) is 0 Å². The quantitative estimate of drug-likeness (QED) is 0.768. The number of nitrogens with zero attached hydrogens (tertiary/aromatic N) is 1. The highest BCUT2D eigenvalue weighted by atomic mass is 35.5. The van der Waals surface area contributed by atoms with Crippen molar-refractivity contribution >= 4 is 35.2 Å². The molecule has 2 rings (SSSR count). The van der Waals surface area contributed by atoms with Crippen LogP contribution in [0.4, 0.5) is 4.79 Å². The van der Waals surface area contributed by atoms with Crippen molar-refractivity contribution in [3.8, 4) is 0 Å². The van der Waals surface area contributed by atoms with E-state index in [2.05, 4.69) is 0 Å². The fourth-order valence-electron chi connectivity index (χ4n) is 1.31. The number of carbonyl (C=O) groups is 1. The first kappa shape index (κ1) is 10.4. The minimum absolute atomic E-state index is 0.416. The predicted octanol–water partition coefficient (Wildman–Crippen LogP) is 2.72. The van der Waals surface area contributed by atoms with Crippen LogP contribution in [-0.4, -0.2) is 16.9 Å².